The van der Waals surface area contributed by atoms with Gasteiger partial charge in [0.1, 0.15) is 17.4 Å². The fraction of sp³-hybridized carbons (Fsp3) is 0.259. The van der Waals surface area contributed by atoms with Gasteiger partial charge in [-0.1, -0.05) is 12.1 Å². The van der Waals surface area contributed by atoms with Crippen LogP contribution in [-0.2, 0) is 10.0 Å². The summed E-state index contributed by atoms with van der Waals surface area (Å²) in [7, 11) is -3.80. The highest BCUT2D eigenvalue weighted by Gasteiger charge is 2.22. The first-order chi connectivity index (χ1) is 17.9. The summed E-state index contributed by atoms with van der Waals surface area (Å²) < 4.78 is 45.3. The average molecular weight is 539 g/mol. The SMILES string of the molecule is Cc1cc(C(C)Nc2cccnc2C(=O)NS(C)(=O)=O)c2oc(-c3cccc(C(C)F)n3)c(C)c(=O)c2c1. The molecule has 0 saturated carbocycles. The highest BCUT2D eigenvalue weighted by molar-refractivity contribution is 7.89. The molecule has 9 nitrogen and oxygen atoms in total. The first-order valence-electron chi connectivity index (χ1n) is 11.8. The maximum atomic E-state index is 13.9. The van der Waals surface area contributed by atoms with Crippen LogP contribution in [0.1, 0.15) is 58.9 Å². The Balaban J connectivity index is 1.83. The molecule has 3 heterocycles. The van der Waals surface area contributed by atoms with Gasteiger partial charge in [-0.25, -0.2) is 27.5 Å². The molecule has 0 fully saturated rings. The molecule has 198 valence electrons. The molecular formula is C27H27FN4O5S. The van der Waals surface area contributed by atoms with Crippen molar-refractivity contribution in [1.82, 2.24) is 14.7 Å². The number of hydrogen-bond acceptors (Lipinski definition) is 8. The van der Waals surface area contributed by atoms with Gasteiger partial charge in [0.2, 0.25) is 10.0 Å². The van der Waals surface area contributed by atoms with Gasteiger partial charge in [0, 0.05) is 17.3 Å². The third-order valence-electron chi connectivity index (χ3n) is 5.94. The Morgan fingerprint density at radius 3 is 2.53 bits per heavy atom. The molecule has 4 rings (SSSR count). The smallest absolute Gasteiger partial charge is 0.285 e. The standard InChI is InChI=1S/C27H27FN4O5S/c1-14-12-18(17(4)30-21-10-7-11-29-23(21)27(34)32-38(5,35)36)26-19(13-14)24(33)15(2)25(37-26)22-9-6-8-20(31-22)16(3)28/h6-13,16-17,30H,1-5H3,(H,32,34). The largest absolute Gasteiger partial charge is 0.454 e. The molecule has 2 unspecified atom stereocenters. The molecule has 0 bridgehead atoms. The molecule has 2 atom stereocenters. The van der Waals surface area contributed by atoms with Crippen LogP contribution in [0.4, 0.5) is 10.1 Å². The van der Waals surface area contributed by atoms with Gasteiger partial charge in [-0.05, 0) is 63.6 Å². The maximum Gasteiger partial charge on any atom is 0.285 e. The number of rotatable bonds is 7. The third kappa shape index (κ3) is 5.57. The molecule has 0 spiro atoms. The summed E-state index contributed by atoms with van der Waals surface area (Å²) in [5.41, 5.74) is 2.58. The van der Waals surface area contributed by atoms with Crippen LogP contribution >= 0.6 is 0 Å². The summed E-state index contributed by atoms with van der Waals surface area (Å²) >= 11 is 0. The summed E-state index contributed by atoms with van der Waals surface area (Å²) in [4.78, 5) is 34.3. The molecule has 38 heavy (non-hydrogen) atoms. The molecule has 1 amide bonds. The van der Waals surface area contributed by atoms with E-state index in [0.717, 1.165) is 11.8 Å². The van der Waals surface area contributed by atoms with Gasteiger partial charge >= 0.3 is 0 Å². The second kappa shape index (κ2) is 10.3. The van der Waals surface area contributed by atoms with Crippen LogP contribution in [0.3, 0.4) is 0 Å². The number of hydrogen-bond donors (Lipinski definition) is 2. The monoisotopic (exact) mass is 538 g/mol. The molecule has 0 radical (unpaired) electrons. The number of alkyl halides is 1. The lowest BCUT2D eigenvalue weighted by molar-refractivity contribution is 0.0977. The molecule has 11 heteroatoms. The number of benzene rings is 1. The number of nitrogens with one attached hydrogen (secondary N) is 2. The number of halogens is 1. The molecule has 3 aromatic heterocycles. The Labute approximate surface area is 219 Å². The lowest BCUT2D eigenvalue weighted by Gasteiger charge is -2.20. The lowest BCUT2D eigenvalue weighted by Crippen LogP contribution is -2.30. The van der Waals surface area contributed by atoms with Crippen molar-refractivity contribution in [3.63, 3.8) is 0 Å². The number of anilines is 1. The van der Waals surface area contributed by atoms with Crippen LogP contribution in [-0.4, -0.2) is 30.5 Å². The van der Waals surface area contributed by atoms with E-state index in [0.29, 0.717) is 27.8 Å². The maximum absolute atomic E-state index is 13.9. The predicted molar refractivity (Wildman–Crippen MR) is 143 cm³/mol. The van der Waals surface area contributed by atoms with E-state index in [-0.39, 0.29) is 28.3 Å². The number of nitrogens with zero attached hydrogens (tertiary/aromatic N) is 2. The van der Waals surface area contributed by atoms with Crippen molar-refractivity contribution in [1.29, 1.82) is 0 Å². The van der Waals surface area contributed by atoms with E-state index in [9.17, 15) is 22.4 Å². The van der Waals surface area contributed by atoms with Crippen LogP contribution in [0, 0.1) is 13.8 Å². The minimum absolute atomic E-state index is 0.110. The van der Waals surface area contributed by atoms with Crippen LogP contribution < -0.4 is 15.5 Å². The van der Waals surface area contributed by atoms with Gasteiger partial charge in [-0.15, -0.1) is 0 Å². The number of carbonyl (C=O) groups excluding carboxylic acids is 1. The van der Waals surface area contributed by atoms with Gasteiger partial charge < -0.3 is 9.73 Å². The highest BCUT2D eigenvalue weighted by Crippen LogP contribution is 2.32. The molecular weight excluding hydrogens is 511 g/mol. The van der Waals surface area contributed by atoms with Crippen molar-refractivity contribution in [2.75, 3.05) is 11.6 Å². The van der Waals surface area contributed by atoms with Gasteiger partial charge in [-0.2, -0.15) is 0 Å². The number of aromatic nitrogens is 2. The van der Waals surface area contributed by atoms with Crippen LogP contribution in [0.25, 0.3) is 22.4 Å². The zero-order valence-corrected chi connectivity index (χ0v) is 22.3. The summed E-state index contributed by atoms with van der Waals surface area (Å²) in [6.07, 6.45) is 0.962. The molecule has 0 aliphatic carbocycles. The van der Waals surface area contributed by atoms with E-state index in [4.69, 9.17) is 4.42 Å². The summed E-state index contributed by atoms with van der Waals surface area (Å²) in [6.45, 7) is 6.68. The van der Waals surface area contributed by atoms with E-state index >= 15 is 0 Å². The fourth-order valence-corrected chi connectivity index (χ4v) is 4.60. The van der Waals surface area contributed by atoms with E-state index in [1.165, 1.54) is 13.1 Å². The van der Waals surface area contributed by atoms with Gasteiger partial charge in [0.25, 0.3) is 5.91 Å². The van der Waals surface area contributed by atoms with Crippen molar-refractivity contribution < 1.29 is 22.0 Å². The van der Waals surface area contributed by atoms with Crippen LogP contribution in [0.15, 0.2) is 57.9 Å². The van der Waals surface area contributed by atoms with Gasteiger partial charge in [0.05, 0.1) is 29.1 Å². The van der Waals surface area contributed by atoms with Crippen molar-refractivity contribution in [2.45, 2.75) is 39.9 Å². The predicted octanol–water partition coefficient (Wildman–Crippen LogP) is 4.76. The Morgan fingerprint density at radius 1 is 1.11 bits per heavy atom. The molecule has 0 aliphatic heterocycles. The third-order valence-corrected chi connectivity index (χ3v) is 6.50. The van der Waals surface area contributed by atoms with Gasteiger partial charge in [0.15, 0.2) is 16.9 Å². The zero-order chi connectivity index (χ0) is 27.8. The normalized spacial score (nSPS) is 13.2. The fourth-order valence-electron chi connectivity index (χ4n) is 4.16. The number of sulfonamides is 1. The van der Waals surface area contributed by atoms with Crippen LogP contribution in [0.5, 0.6) is 0 Å². The second-order valence-corrected chi connectivity index (χ2v) is 10.9. The molecule has 0 aliphatic rings. The van der Waals surface area contributed by atoms with E-state index in [1.807, 2.05) is 24.6 Å². The molecule has 2 N–H and O–H groups in total. The van der Waals surface area contributed by atoms with Crippen molar-refractivity contribution in [3.8, 4) is 11.5 Å². The Kier molecular flexibility index (Phi) is 7.32. The molecule has 0 saturated heterocycles. The van der Waals surface area contributed by atoms with Gasteiger partial charge in [-0.3, -0.25) is 9.59 Å². The molecule has 4 aromatic rings. The van der Waals surface area contributed by atoms with E-state index in [1.54, 1.807) is 43.3 Å². The summed E-state index contributed by atoms with van der Waals surface area (Å²) in [5, 5.41) is 3.55. The number of pyridine rings is 2. The van der Waals surface area contributed by atoms with Crippen molar-refractivity contribution in [2.24, 2.45) is 0 Å². The Bertz CT molecular complexity index is 1720. The summed E-state index contributed by atoms with van der Waals surface area (Å²) in [5.74, 6) is -0.647. The quantitative estimate of drug-likeness (QED) is 0.344. The van der Waals surface area contributed by atoms with E-state index < -0.39 is 28.1 Å². The summed E-state index contributed by atoms with van der Waals surface area (Å²) in [6, 6.07) is 11.2. The zero-order valence-electron chi connectivity index (χ0n) is 21.5. The second-order valence-electron chi connectivity index (χ2n) is 9.15. The lowest BCUT2D eigenvalue weighted by atomic mass is 9.99. The Morgan fingerprint density at radius 2 is 1.84 bits per heavy atom. The number of carbonyl (C=O) groups is 1. The minimum Gasteiger partial charge on any atom is -0.454 e. The van der Waals surface area contributed by atoms with Crippen molar-refractivity contribution >= 4 is 32.6 Å². The highest BCUT2D eigenvalue weighted by atomic mass is 32.2. The molecule has 1 aromatic carbocycles. The first-order valence-corrected chi connectivity index (χ1v) is 13.7. The van der Waals surface area contributed by atoms with Crippen molar-refractivity contribution in [3.05, 3.63) is 87.0 Å². The average Bonchev–Trinajstić information content (AvgIpc) is 2.85. The number of amides is 1. The van der Waals surface area contributed by atoms with Crippen LogP contribution in [0.2, 0.25) is 0 Å². The minimum atomic E-state index is -3.80. The number of aryl methyl sites for hydroxylation is 1. The Hall–Kier alpha value is -4.12. The number of fused-ring (bicyclic) bond motifs is 1. The topological polar surface area (TPSA) is 131 Å². The van der Waals surface area contributed by atoms with E-state index in [2.05, 4.69) is 15.3 Å². The first kappa shape index (κ1) is 26.9.